The summed E-state index contributed by atoms with van der Waals surface area (Å²) in [7, 11) is 1.22. The van der Waals surface area contributed by atoms with Gasteiger partial charge in [-0.3, -0.25) is 14.5 Å². The minimum absolute atomic E-state index is 0.260. The summed E-state index contributed by atoms with van der Waals surface area (Å²) in [4.78, 5) is 37.7. The molecule has 1 aliphatic heterocycles. The highest BCUT2D eigenvalue weighted by Gasteiger charge is 2.41. The van der Waals surface area contributed by atoms with Crippen molar-refractivity contribution in [1.82, 2.24) is 4.90 Å². The van der Waals surface area contributed by atoms with Gasteiger partial charge in [-0.2, -0.15) is 0 Å². The Kier molecular flexibility index (Phi) is 6.28. The first-order valence-corrected chi connectivity index (χ1v) is 10.8. The number of thioether (sulfide) groups is 1. The predicted molar refractivity (Wildman–Crippen MR) is 124 cm³/mol. The minimum atomic E-state index is -0.968. The highest BCUT2D eigenvalue weighted by atomic mass is 32.2. The highest BCUT2D eigenvalue weighted by molar-refractivity contribution is 8.18. The lowest BCUT2D eigenvalue weighted by molar-refractivity contribution is -0.148. The normalized spacial score (nSPS) is 15.9. The molecule has 0 spiro atoms. The van der Waals surface area contributed by atoms with E-state index in [9.17, 15) is 14.4 Å². The number of methoxy groups -OCH3 is 1. The van der Waals surface area contributed by atoms with E-state index in [0.717, 1.165) is 27.8 Å². The van der Waals surface area contributed by atoms with Crippen LogP contribution >= 0.6 is 11.8 Å². The van der Waals surface area contributed by atoms with Crippen LogP contribution < -0.4 is 4.74 Å². The number of hydrogen-bond acceptors (Lipinski definition) is 6. The maximum absolute atomic E-state index is 12.6. The summed E-state index contributed by atoms with van der Waals surface area (Å²) in [5, 5.41) is 1.86. The van der Waals surface area contributed by atoms with Crippen LogP contribution in [-0.4, -0.2) is 35.2 Å². The largest absolute Gasteiger partial charge is 0.489 e. The Bertz CT molecular complexity index is 1220. The van der Waals surface area contributed by atoms with Crippen LogP contribution in [0.15, 0.2) is 71.6 Å². The summed E-state index contributed by atoms with van der Waals surface area (Å²) in [6, 6.07) is 20.7. The lowest BCUT2D eigenvalue weighted by atomic mass is 10.1. The molecule has 0 bridgehead atoms. The molecule has 6 nitrogen and oxygen atoms in total. The monoisotopic (exact) mass is 447 g/mol. The van der Waals surface area contributed by atoms with E-state index in [0.29, 0.717) is 12.4 Å². The molecule has 0 N–H and O–H groups in total. The fraction of sp³-hybridized carbons (Fsp3) is 0.160. The fourth-order valence-corrected chi connectivity index (χ4v) is 4.30. The minimum Gasteiger partial charge on any atom is -0.489 e. The van der Waals surface area contributed by atoms with Crippen molar-refractivity contribution in [3.05, 3.63) is 82.8 Å². The first kappa shape index (κ1) is 21.6. The van der Waals surface area contributed by atoms with E-state index in [1.54, 1.807) is 6.08 Å². The van der Waals surface area contributed by atoms with E-state index < -0.39 is 23.2 Å². The second-order valence-corrected chi connectivity index (χ2v) is 8.28. The maximum atomic E-state index is 12.6. The van der Waals surface area contributed by atoms with Gasteiger partial charge in [-0.15, -0.1) is 0 Å². The number of hydrogen-bond donors (Lipinski definition) is 0. The van der Waals surface area contributed by atoms with Gasteiger partial charge in [-0.25, -0.2) is 4.79 Å². The molecule has 1 aliphatic rings. The smallest absolute Gasteiger partial charge is 0.328 e. The number of nitrogens with zero attached hydrogens (tertiary/aromatic N) is 1. The third-order valence-corrected chi connectivity index (χ3v) is 6.03. The summed E-state index contributed by atoms with van der Waals surface area (Å²) in [6.45, 7) is 1.90. The van der Waals surface area contributed by atoms with Crippen LogP contribution in [0.2, 0.25) is 0 Å². The Balaban J connectivity index is 1.42. The molecule has 3 aromatic rings. The quantitative estimate of drug-likeness (QED) is 0.390. The Hall–Kier alpha value is -3.58. The van der Waals surface area contributed by atoms with Gasteiger partial charge < -0.3 is 9.47 Å². The first-order chi connectivity index (χ1) is 15.5. The molecule has 1 atom stereocenters. The predicted octanol–water partition coefficient (Wildman–Crippen LogP) is 5.02. The molecule has 4 rings (SSSR count). The average molecular weight is 448 g/mol. The summed E-state index contributed by atoms with van der Waals surface area (Å²) in [5.41, 5.74) is 1.82. The number of amides is 2. The van der Waals surface area contributed by atoms with Crippen molar-refractivity contribution >= 4 is 45.7 Å². The van der Waals surface area contributed by atoms with Gasteiger partial charge in [-0.1, -0.05) is 48.5 Å². The Morgan fingerprint density at radius 3 is 2.47 bits per heavy atom. The van der Waals surface area contributed by atoms with Crippen LogP contribution in [0.4, 0.5) is 4.79 Å². The molecule has 32 heavy (non-hydrogen) atoms. The van der Waals surface area contributed by atoms with Gasteiger partial charge >= 0.3 is 5.97 Å². The molecule has 1 heterocycles. The van der Waals surface area contributed by atoms with Crippen LogP contribution in [-0.2, 0) is 20.9 Å². The topological polar surface area (TPSA) is 72.9 Å². The van der Waals surface area contributed by atoms with Crippen LogP contribution in [0.1, 0.15) is 18.1 Å². The lowest BCUT2D eigenvalue weighted by Crippen LogP contribution is -2.42. The van der Waals surface area contributed by atoms with Gasteiger partial charge in [0.05, 0.1) is 12.0 Å². The van der Waals surface area contributed by atoms with Crippen LogP contribution in [0.3, 0.4) is 0 Å². The molecule has 0 unspecified atom stereocenters. The molecule has 0 aromatic heterocycles. The third kappa shape index (κ3) is 4.53. The second kappa shape index (κ2) is 9.28. The fourth-order valence-electron chi connectivity index (χ4n) is 3.40. The zero-order valence-corrected chi connectivity index (χ0v) is 18.4. The van der Waals surface area contributed by atoms with E-state index >= 15 is 0 Å². The standard InChI is InChI=1S/C25H21NO5S/c1-16(24(28)30-2)26-23(27)22(32-25(26)29)14-17-8-11-21(12-9-17)31-15-18-7-10-19-5-3-4-6-20(19)13-18/h3-14,16H,15H2,1-2H3/b22-14+/t16-/m1/s1. The third-order valence-electron chi connectivity index (χ3n) is 5.15. The van der Waals surface area contributed by atoms with Gasteiger partial charge in [-0.05, 0) is 64.9 Å². The van der Waals surface area contributed by atoms with Crippen LogP contribution in [0, 0.1) is 0 Å². The molecule has 0 radical (unpaired) electrons. The Morgan fingerprint density at radius 2 is 1.75 bits per heavy atom. The van der Waals surface area contributed by atoms with Crippen molar-refractivity contribution in [2.45, 2.75) is 19.6 Å². The zero-order valence-electron chi connectivity index (χ0n) is 17.6. The maximum Gasteiger partial charge on any atom is 0.328 e. The van der Waals surface area contributed by atoms with Crippen molar-refractivity contribution in [3.8, 4) is 5.75 Å². The number of esters is 1. The summed E-state index contributed by atoms with van der Waals surface area (Å²) >= 11 is 0.805. The summed E-state index contributed by atoms with van der Waals surface area (Å²) in [5.74, 6) is -0.446. The first-order valence-electron chi connectivity index (χ1n) is 10.0. The Morgan fingerprint density at radius 1 is 1.03 bits per heavy atom. The molecule has 2 amide bonds. The lowest BCUT2D eigenvalue weighted by Gasteiger charge is -2.18. The molecule has 162 valence electrons. The number of carbonyl (C=O) groups excluding carboxylic acids is 3. The van der Waals surface area contributed by atoms with Crippen molar-refractivity contribution in [1.29, 1.82) is 0 Å². The molecule has 0 aliphatic carbocycles. The highest BCUT2D eigenvalue weighted by Crippen LogP contribution is 2.34. The number of benzene rings is 3. The molecule has 1 fully saturated rings. The van der Waals surface area contributed by atoms with Gasteiger partial charge in [0, 0.05) is 0 Å². The Labute approximate surface area is 189 Å². The summed E-state index contributed by atoms with van der Waals surface area (Å²) < 4.78 is 10.5. The van der Waals surface area contributed by atoms with Crippen molar-refractivity contribution < 1.29 is 23.9 Å². The van der Waals surface area contributed by atoms with Crippen LogP contribution in [0.25, 0.3) is 16.8 Å². The molecular formula is C25H21NO5S. The number of carbonyl (C=O) groups is 3. The summed E-state index contributed by atoms with van der Waals surface area (Å²) in [6.07, 6.45) is 1.63. The van der Waals surface area contributed by atoms with Crippen molar-refractivity contribution in [2.24, 2.45) is 0 Å². The van der Waals surface area contributed by atoms with E-state index in [2.05, 4.69) is 29.0 Å². The SMILES string of the molecule is COC(=O)[C@@H](C)N1C(=O)S/C(=C/c2ccc(OCc3ccc4ccccc4c3)cc2)C1=O. The molecular weight excluding hydrogens is 426 g/mol. The van der Waals surface area contributed by atoms with Gasteiger partial charge in [0.15, 0.2) is 0 Å². The molecule has 3 aromatic carbocycles. The molecule has 1 saturated heterocycles. The van der Waals surface area contributed by atoms with Crippen molar-refractivity contribution in [2.75, 3.05) is 7.11 Å². The number of fused-ring (bicyclic) bond motifs is 1. The van der Waals surface area contributed by atoms with E-state index in [4.69, 9.17) is 4.74 Å². The van der Waals surface area contributed by atoms with E-state index in [1.165, 1.54) is 24.8 Å². The van der Waals surface area contributed by atoms with Gasteiger partial charge in [0.2, 0.25) is 0 Å². The average Bonchev–Trinajstić information content (AvgIpc) is 3.09. The van der Waals surface area contributed by atoms with Gasteiger partial charge in [0.1, 0.15) is 18.4 Å². The van der Waals surface area contributed by atoms with Gasteiger partial charge in [0.25, 0.3) is 11.1 Å². The number of imide groups is 1. The van der Waals surface area contributed by atoms with E-state index in [1.807, 2.05) is 42.5 Å². The van der Waals surface area contributed by atoms with Crippen molar-refractivity contribution in [3.63, 3.8) is 0 Å². The van der Waals surface area contributed by atoms with Crippen LogP contribution in [0.5, 0.6) is 5.75 Å². The zero-order chi connectivity index (χ0) is 22.7. The molecule has 0 saturated carbocycles. The number of ether oxygens (including phenoxy) is 2. The second-order valence-electron chi connectivity index (χ2n) is 7.29. The number of rotatable bonds is 6. The van der Waals surface area contributed by atoms with E-state index in [-0.39, 0.29) is 4.91 Å². The molecule has 7 heteroatoms.